The number of carbonyl (C=O) groups excluding carboxylic acids is 1. The molecule has 1 fully saturated rings. The molecule has 0 spiro atoms. The number of halogens is 2. The summed E-state index contributed by atoms with van der Waals surface area (Å²) in [7, 11) is 0. The van der Waals surface area contributed by atoms with Crippen molar-refractivity contribution in [1.29, 1.82) is 0 Å². The number of rotatable bonds is 3. The highest BCUT2D eigenvalue weighted by Gasteiger charge is 2.37. The van der Waals surface area contributed by atoms with Gasteiger partial charge >= 0.3 is 0 Å². The summed E-state index contributed by atoms with van der Waals surface area (Å²) >= 11 is 3.41. The second-order valence-corrected chi connectivity index (χ2v) is 5.22. The molecule has 1 aromatic carbocycles. The molecule has 1 amide bonds. The van der Waals surface area contributed by atoms with Gasteiger partial charge in [-0.05, 0) is 37.8 Å². The summed E-state index contributed by atoms with van der Waals surface area (Å²) in [6.07, 6.45) is 3.02. The van der Waals surface area contributed by atoms with Gasteiger partial charge in [0.2, 0.25) is 0 Å². The quantitative estimate of drug-likeness (QED) is 0.854. The maximum Gasteiger partial charge on any atom is 0.254 e. The summed E-state index contributed by atoms with van der Waals surface area (Å²) in [5.74, 6) is -0.737. The Balaban J connectivity index is 2.17. The minimum absolute atomic E-state index is 0.136. The molecule has 1 aromatic rings. The highest BCUT2D eigenvalue weighted by Crippen LogP contribution is 2.33. The smallest absolute Gasteiger partial charge is 0.254 e. The van der Waals surface area contributed by atoms with E-state index in [0.29, 0.717) is 5.56 Å². The lowest BCUT2D eigenvalue weighted by Crippen LogP contribution is -2.55. The van der Waals surface area contributed by atoms with Gasteiger partial charge < -0.3 is 5.32 Å². The van der Waals surface area contributed by atoms with E-state index in [2.05, 4.69) is 21.2 Å². The van der Waals surface area contributed by atoms with Crippen LogP contribution in [0.25, 0.3) is 0 Å². The Bertz CT molecular complexity index is 438. The standard InChI is InChI=1S/C13H15BrFNO/c1-9-4-2-5-10(11(9)15)12(17)16-13(8-14)6-3-7-13/h2,4-5H,3,6-8H2,1H3,(H,16,17). The number of hydrogen-bond acceptors (Lipinski definition) is 1. The van der Waals surface area contributed by atoms with Crippen molar-refractivity contribution in [3.63, 3.8) is 0 Å². The van der Waals surface area contributed by atoms with Crippen molar-refractivity contribution in [3.8, 4) is 0 Å². The number of aryl methyl sites for hydroxylation is 1. The van der Waals surface area contributed by atoms with Crippen LogP contribution in [0.4, 0.5) is 4.39 Å². The first-order chi connectivity index (χ1) is 8.08. The molecule has 0 aliphatic heterocycles. The Morgan fingerprint density at radius 2 is 2.24 bits per heavy atom. The summed E-state index contributed by atoms with van der Waals surface area (Å²) in [6.45, 7) is 1.66. The number of nitrogens with one attached hydrogen (secondary N) is 1. The van der Waals surface area contributed by atoms with E-state index >= 15 is 0 Å². The van der Waals surface area contributed by atoms with Crippen molar-refractivity contribution in [3.05, 3.63) is 35.1 Å². The molecule has 0 unspecified atom stereocenters. The highest BCUT2D eigenvalue weighted by molar-refractivity contribution is 9.09. The van der Waals surface area contributed by atoms with Gasteiger partial charge in [0.1, 0.15) is 5.82 Å². The van der Waals surface area contributed by atoms with E-state index < -0.39 is 5.82 Å². The van der Waals surface area contributed by atoms with Crippen LogP contribution in [0.3, 0.4) is 0 Å². The fourth-order valence-corrected chi connectivity index (χ4v) is 2.73. The normalized spacial score (nSPS) is 17.4. The van der Waals surface area contributed by atoms with Gasteiger partial charge in [-0.3, -0.25) is 4.79 Å². The molecule has 2 nitrogen and oxygen atoms in total. The number of carbonyl (C=O) groups is 1. The third-order valence-electron chi connectivity index (χ3n) is 3.38. The van der Waals surface area contributed by atoms with Crippen LogP contribution in [0.1, 0.15) is 35.2 Å². The molecule has 1 N–H and O–H groups in total. The van der Waals surface area contributed by atoms with Gasteiger partial charge in [0.05, 0.1) is 11.1 Å². The fraction of sp³-hybridized carbons (Fsp3) is 0.462. The Labute approximate surface area is 109 Å². The van der Waals surface area contributed by atoms with Gasteiger partial charge in [-0.1, -0.05) is 28.1 Å². The molecule has 1 saturated carbocycles. The van der Waals surface area contributed by atoms with Crippen LogP contribution >= 0.6 is 15.9 Å². The number of hydrogen-bond donors (Lipinski definition) is 1. The second kappa shape index (κ2) is 4.77. The summed E-state index contributed by atoms with van der Waals surface area (Å²) in [5.41, 5.74) is 0.462. The molecule has 1 aliphatic carbocycles. The van der Waals surface area contributed by atoms with Crippen molar-refractivity contribution in [2.45, 2.75) is 31.7 Å². The summed E-state index contributed by atoms with van der Waals surface area (Å²) in [5, 5.41) is 3.66. The lowest BCUT2D eigenvalue weighted by atomic mass is 9.78. The van der Waals surface area contributed by atoms with Crippen molar-refractivity contribution in [2.24, 2.45) is 0 Å². The molecule has 0 radical (unpaired) electrons. The Hall–Kier alpha value is -0.900. The monoisotopic (exact) mass is 299 g/mol. The van der Waals surface area contributed by atoms with E-state index in [1.807, 2.05) is 0 Å². The first kappa shape index (κ1) is 12.6. The third kappa shape index (κ3) is 2.37. The predicted molar refractivity (Wildman–Crippen MR) is 69.0 cm³/mol. The number of alkyl halides is 1. The van der Waals surface area contributed by atoms with E-state index in [4.69, 9.17) is 0 Å². The summed E-state index contributed by atoms with van der Waals surface area (Å²) < 4.78 is 13.8. The molecular formula is C13H15BrFNO. The maximum atomic E-state index is 13.8. The molecule has 4 heteroatoms. The van der Waals surface area contributed by atoms with E-state index in [-0.39, 0.29) is 17.0 Å². The van der Waals surface area contributed by atoms with E-state index in [1.165, 1.54) is 6.07 Å². The van der Waals surface area contributed by atoms with E-state index in [1.54, 1.807) is 19.1 Å². The van der Waals surface area contributed by atoms with Crippen LogP contribution in [0.15, 0.2) is 18.2 Å². The van der Waals surface area contributed by atoms with Crippen LogP contribution in [0.2, 0.25) is 0 Å². The van der Waals surface area contributed by atoms with E-state index in [0.717, 1.165) is 24.6 Å². The molecule has 1 aliphatic rings. The topological polar surface area (TPSA) is 29.1 Å². The highest BCUT2D eigenvalue weighted by atomic mass is 79.9. The first-order valence-corrected chi connectivity index (χ1v) is 6.84. The Morgan fingerprint density at radius 1 is 1.53 bits per heavy atom. The molecule has 0 bridgehead atoms. The Kier molecular flexibility index (Phi) is 3.52. The zero-order valence-corrected chi connectivity index (χ0v) is 11.3. The molecule has 0 atom stereocenters. The summed E-state index contributed by atoms with van der Waals surface area (Å²) in [4.78, 5) is 12.0. The minimum atomic E-state index is -0.422. The van der Waals surface area contributed by atoms with Crippen molar-refractivity contribution in [2.75, 3.05) is 5.33 Å². The first-order valence-electron chi connectivity index (χ1n) is 5.72. The molecule has 0 saturated heterocycles. The van der Waals surface area contributed by atoms with Gasteiger partial charge in [-0.15, -0.1) is 0 Å². The molecule has 0 aromatic heterocycles. The average Bonchev–Trinajstić information content (AvgIpc) is 2.27. The third-order valence-corrected chi connectivity index (χ3v) is 4.45. The minimum Gasteiger partial charge on any atom is -0.346 e. The fourth-order valence-electron chi connectivity index (χ4n) is 2.03. The molecule has 92 valence electrons. The lowest BCUT2D eigenvalue weighted by Gasteiger charge is -2.41. The largest absolute Gasteiger partial charge is 0.346 e. The van der Waals surface area contributed by atoms with E-state index in [9.17, 15) is 9.18 Å². The van der Waals surface area contributed by atoms with Crippen LogP contribution in [-0.4, -0.2) is 16.8 Å². The molecule has 2 rings (SSSR count). The zero-order valence-electron chi connectivity index (χ0n) is 9.72. The van der Waals surface area contributed by atoms with Crippen LogP contribution in [-0.2, 0) is 0 Å². The average molecular weight is 300 g/mol. The van der Waals surface area contributed by atoms with Gasteiger partial charge in [-0.25, -0.2) is 4.39 Å². The van der Waals surface area contributed by atoms with Crippen LogP contribution < -0.4 is 5.32 Å². The van der Waals surface area contributed by atoms with Crippen molar-refractivity contribution in [1.82, 2.24) is 5.32 Å². The van der Waals surface area contributed by atoms with Gasteiger partial charge in [0.15, 0.2) is 0 Å². The molecule has 17 heavy (non-hydrogen) atoms. The van der Waals surface area contributed by atoms with Crippen LogP contribution in [0, 0.1) is 12.7 Å². The Morgan fingerprint density at radius 3 is 2.76 bits per heavy atom. The number of benzene rings is 1. The maximum absolute atomic E-state index is 13.8. The second-order valence-electron chi connectivity index (χ2n) is 4.66. The van der Waals surface area contributed by atoms with Crippen molar-refractivity contribution < 1.29 is 9.18 Å². The SMILES string of the molecule is Cc1cccc(C(=O)NC2(CBr)CCC2)c1F. The van der Waals surface area contributed by atoms with Crippen LogP contribution in [0.5, 0.6) is 0 Å². The lowest BCUT2D eigenvalue weighted by molar-refractivity contribution is 0.0852. The number of amides is 1. The van der Waals surface area contributed by atoms with Crippen molar-refractivity contribution >= 4 is 21.8 Å². The zero-order chi connectivity index (χ0) is 12.5. The van der Waals surface area contributed by atoms with Gasteiger partial charge in [0, 0.05) is 5.33 Å². The predicted octanol–water partition coefficient (Wildman–Crippen LogP) is 3.18. The molecular weight excluding hydrogens is 285 g/mol. The summed E-state index contributed by atoms with van der Waals surface area (Å²) in [6, 6.07) is 4.89. The van der Waals surface area contributed by atoms with Gasteiger partial charge in [-0.2, -0.15) is 0 Å². The molecule has 0 heterocycles. The van der Waals surface area contributed by atoms with Gasteiger partial charge in [0.25, 0.3) is 5.91 Å².